The van der Waals surface area contributed by atoms with Gasteiger partial charge in [0.05, 0.1) is 24.4 Å². The molecular weight excluding hydrogens is 268 g/mol. The van der Waals surface area contributed by atoms with Crippen molar-refractivity contribution in [2.45, 2.75) is 45.8 Å². The van der Waals surface area contributed by atoms with Gasteiger partial charge in [-0.05, 0) is 19.8 Å². The normalized spacial score (nSPS) is 22.4. The van der Waals surface area contributed by atoms with E-state index in [-0.39, 0.29) is 11.6 Å². The number of morpholine rings is 1. The van der Waals surface area contributed by atoms with Crippen LogP contribution in [0.5, 0.6) is 0 Å². The van der Waals surface area contributed by atoms with Crippen LogP contribution in [0.25, 0.3) is 0 Å². The summed E-state index contributed by atoms with van der Waals surface area (Å²) in [5.74, 6) is 0. The van der Waals surface area contributed by atoms with Crippen molar-refractivity contribution in [1.29, 1.82) is 0 Å². The van der Waals surface area contributed by atoms with E-state index in [4.69, 9.17) is 4.74 Å². The second-order valence-electron chi connectivity index (χ2n) is 5.86. The highest BCUT2D eigenvalue weighted by atomic mass is 16.5. The van der Waals surface area contributed by atoms with Crippen molar-refractivity contribution in [1.82, 2.24) is 20.0 Å². The number of nitrogens with zero attached hydrogens (tertiary/aromatic N) is 3. The van der Waals surface area contributed by atoms with Gasteiger partial charge in [-0.1, -0.05) is 13.8 Å². The van der Waals surface area contributed by atoms with Crippen molar-refractivity contribution in [3.63, 3.8) is 0 Å². The first-order valence-electron chi connectivity index (χ1n) is 7.65. The fourth-order valence-electron chi connectivity index (χ4n) is 2.63. The van der Waals surface area contributed by atoms with Gasteiger partial charge in [-0.15, -0.1) is 0 Å². The Morgan fingerprint density at radius 2 is 2.29 bits per heavy atom. The van der Waals surface area contributed by atoms with Crippen LogP contribution < -0.4 is 5.32 Å². The molecule has 1 atom stereocenters. The van der Waals surface area contributed by atoms with E-state index in [1.54, 1.807) is 4.68 Å². The van der Waals surface area contributed by atoms with E-state index in [1.807, 2.05) is 18.1 Å². The third-order valence-electron chi connectivity index (χ3n) is 4.13. The summed E-state index contributed by atoms with van der Waals surface area (Å²) in [7, 11) is 1.90. The van der Waals surface area contributed by atoms with Gasteiger partial charge < -0.3 is 15.0 Å². The highest BCUT2D eigenvalue weighted by molar-refractivity contribution is 5.74. The molecule has 1 N–H and O–H groups in total. The number of carbonyl (C=O) groups is 1. The maximum absolute atomic E-state index is 12.3. The van der Waals surface area contributed by atoms with Crippen molar-refractivity contribution in [3.8, 4) is 0 Å². The van der Waals surface area contributed by atoms with Crippen LogP contribution in [0, 0.1) is 0 Å². The number of aryl methyl sites for hydroxylation is 2. The number of ether oxygens (including phenoxy) is 1. The average molecular weight is 294 g/mol. The summed E-state index contributed by atoms with van der Waals surface area (Å²) >= 11 is 0. The third kappa shape index (κ3) is 3.75. The summed E-state index contributed by atoms with van der Waals surface area (Å²) in [6.07, 6.45) is 3.74. The van der Waals surface area contributed by atoms with Gasteiger partial charge in [0.25, 0.3) is 0 Å². The summed E-state index contributed by atoms with van der Waals surface area (Å²) in [6, 6.07) is -0.0242. The lowest BCUT2D eigenvalue weighted by Gasteiger charge is -2.39. The first-order valence-corrected chi connectivity index (χ1v) is 7.65. The zero-order valence-electron chi connectivity index (χ0n) is 13.5. The van der Waals surface area contributed by atoms with E-state index >= 15 is 0 Å². The molecule has 0 aromatic carbocycles. The zero-order valence-corrected chi connectivity index (χ0v) is 13.5. The van der Waals surface area contributed by atoms with E-state index in [0.717, 1.165) is 24.1 Å². The highest BCUT2D eigenvalue weighted by Gasteiger charge is 2.32. The molecule has 1 aromatic rings. The number of carbonyl (C=O) groups excluding carboxylic acids is 1. The minimum absolute atomic E-state index is 0.0242. The second kappa shape index (κ2) is 6.47. The number of urea groups is 1. The summed E-state index contributed by atoms with van der Waals surface area (Å²) < 4.78 is 7.56. The number of hydrogen-bond donors (Lipinski definition) is 1. The van der Waals surface area contributed by atoms with Gasteiger partial charge in [0.1, 0.15) is 0 Å². The van der Waals surface area contributed by atoms with Gasteiger partial charge in [0, 0.05) is 31.9 Å². The fourth-order valence-corrected chi connectivity index (χ4v) is 2.63. The zero-order chi connectivity index (χ0) is 15.5. The van der Waals surface area contributed by atoms with Crippen LogP contribution in [0.2, 0.25) is 0 Å². The molecule has 0 radical (unpaired) electrons. The molecular formula is C15H26N4O2. The van der Waals surface area contributed by atoms with E-state index in [0.29, 0.717) is 26.2 Å². The quantitative estimate of drug-likeness (QED) is 0.919. The van der Waals surface area contributed by atoms with Crippen molar-refractivity contribution < 1.29 is 9.53 Å². The molecule has 0 unspecified atom stereocenters. The Labute approximate surface area is 126 Å². The monoisotopic (exact) mass is 294 g/mol. The lowest BCUT2D eigenvalue weighted by atomic mass is 10.0. The Morgan fingerprint density at radius 3 is 2.95 bits per heavy atom. The molecule has 2 rings (SSSR count). The van der Waals surface area contributed by atoms with Crippen molar-refractivity contribution >= 4 is 6.03 Å². The molecule has 6 heteroatoms. The topological polar surface area (TPSA) is 59.4 Å². The molecule has 0 aliphatic carbocycles. The number of nitrogens with one attached hydrogen (secondary N) is 1. The molecule has 1 saturated heterocycles. The van der Waals surface area contributed by atoms with Crippen LogP contribution >= 0.6 is 0 Å². The van der Waals surface area contributed by atoms with Gasteiger partial charge in [0.15, 0.2) is 0 Å². The SMILES string of the molecule is CCc1nn(C)cc1CNC(=O)N1CCO[C@](C)(CC)C1. The van der Waals surface area contributed by atoms with Crippen LogP contribution in [0.3, 0.4) is 0 Å². The standard InChI is InChI=1S/C15H26N4O2/c1-5-13-12(10-18(4)17-13)9-16-14(20)19-7-8-21-15(3,6-2)11-19/h10H,5-9,11H2,1-4H3,(H,16,20)/t15-/m1/s1. The van der Waals surface area contributed by atoms with Crippen LogP contribution in [-0.4, -0.2) is 46.0 Å². The molecule has 1 aromatic heterocycles. The molecule has 0 spiro atoms. The number of rotatable bonds is 4. The average Bonchev–Trinajstić information content (AvgIpc) is 2.85. The molecule has 1 fully saturated rings. The van der Waals surface area contributed by atoms with Gasteiger partial charge in [-0.2, -0.15) is 5.10 Å². The number of aromatic nitrogens is 2. The van der Waals surface area contributed by atoms with Gasteiger partial charge >= 0.3 is 6.03 Å². The van der Waals surface area contributed by atoms with Crippen LogP contribution in [0.15, 0.2) is 6.20 Å². The predicted octanol–water partition coefficient (Wildman–Crippen LogP) is 1.69. The largest absolute Gasteiger partial charge is 0.372 e. The predicted molar refractivity (Wildman–Crippen MR) is 81.0 cm³/mol. The molecule has 0 saturated carbocycles. The van der Waals surface area contributed by atoms with Crippen molar-refractivity contribution in [2.24, 2.45) is 7.05 Å². The number of hydrogen-bond acceptors (Lipinski definition) is 3. The van der Waals surface area contributed by atoms with E-state index in [9.17, 15) is 4.79 Å². The van der Waals surface area contributed by atoms with E-state index in [2.05, 4.69) is 31.2 Å². The maximum Gasteiger partial charge on any atom is 0.317 e. The summed E-state index contributed by atoms with van der Waals surface area (Å²) in [6.45, 7) is 8.63. The Hall–Kier alpha value is -1.56. The molecule has 0 bridgehead atoms. The van der Waals surface area contributed by atoms with Gasteiger partial charge in [-0.3, -0.25) is 4.68 Å². The Kier molecular flexibility index (Phi) is 4.88. The molecule has 118 valence electrons. The Balaban J connectivity index is 1.92. The lowest BCUT2D eigenvalue weighted by Crippen LogP contribution is -2.54. The third-order valence-corrected chi connectivity index (χ3v) is 4.13. The first-order chi connectivity index (χ1) is 9.97. The summed E-state index contributed by atoms with van der Waals surface area (Å²) in [5, 5.41) is 7.38. The van der Waals surface area contributed by atoms with Crippen LogP contribution in [0.1, 0.15) is 38.4 Å². The minimum Gasteiger partial charge on any atom is -0.372 e. The molecule has 21 heavy (non-hydrogen) atoms. The summed E-state index contributed by atoms with van der Waals surface area (Å²) in [5.41, 5.74) is 1.90. The Morgan fingerprint density at radius 1 is 1.52 bits per heavy atom. The molecule has 1 aliphatic heterocycles. The highest BCUT2D eigenvalue weighted by Crippen LogP contribution is 2.21. The summed E-state index contributed by atoms with van der Waals surface area (Å²) in [4.78, 5) is 14.2. The lowest BCUT2D eigenvalue weighted by molar-refractivity contribution is -0.0872. The molecule has 2 amide bonds. The van der Waals surface area contributed by atoms with Crippen LogP contribution in [-0.2, 0) is 24.8 Å². The molecule has 2 heterocycles. The van der Waals surface area contributed by atoms with E-state index < -0.39 is 0 Å². The number of amides is 2. The minimum atomic E-state index is -0.224. The van der Waals surface area contributed by atoms with Gasteiger partial charge in [-0.25, -0.2) is 4.79 Å². The molecule has 1 aliphatic rings. The fraction of sp³-hybridized carbons (Fsp3) is 0.733. The smallest absolute Gasteiger partial charge is 0.317 e. The van der Waals surface area contributed by atoms with Crippen molar-refractivity contribution in [3.05, 3.63) is 17.5 Å². The first kappa shape index (κ1) is 15.8. The van der Waals surface area contributed by atoms with Crippen molar-refractivity contribution in [2.75, 3.05) is 19.7 Å². The Bertz CT molecular complexity index is 500. The van der Waals surface area contributed by atoms with Crippen LogP contribution in [0.4, 0.5) is 4.79 Å². The molecule has 6 nitrogen and oxygen atoms in total. The second-order valence-corrected chi connectivity index (χ2v) is 5.86. The maximum atomic E-state index is 12.3. The van der Waals surface area contributed by atoms with E-state index in [1.165, 1.54) is 0 Å². The van der Waals surface area contributed by atoms with Gasteiger partial charge in [0.2, 0.25) is 0 Å².